The molecule has 31 heavy (non-hydrogen) atoms. The van der Waals surface area contributed by atoms with Gasteiger partial charge in [-0.05, 0) is 56.5 Å². The molecule has 1 aromatic heterocycles. The Labute approximate surface area is 182 Å². The second-order valence-corrected chi connectivity index (χ2v) is 10.3. The third-order valence-corrected chi connectivity index (χ3v) is 7.49. The normalized spacial score (nSPS) is 17.7. The van der Waals surface area contributed by atoms with E-state index in [0.717, 1.165) is 28.2 Å². The molecule has 1 unspecified atom stereocenters. The number of hydrogen-bond acceptors (Lipinski definition) is 5. The third-order valence-electron chi connectivity index (χ3n) is 5.74. The first-order chi connectivity index (χ1) is 14.7. The molecule has 0 bridgehead atoms. The van der Waals surface area contributed by atoms with Gasteiger partial charge >= 0.3 is 0 Å². The highest BCUT2D eigenvalue weighted by Gasteiger charge is 2.31. The SMILES string of the molecule is Cc1cccc(C)c1OCCNC(=O)c1ccc2c(c1)nc(C)n2C1CCS(=O)(=O)C1. The van der Waals surface area contributed by atoms with Crippen molar-refractivity contribution in [2.75, 3.05) is 24.7 Å². The molecule has 1 amide bonds. The summed E-state index contributed by atoms with van der Waals surface area (Å²) in [7, 11) is -2.99. The van der Waals surface area contributed by atoms with Gasteiger partial charge in [0.05, 0.1) is 35.1 Å². The fourth-order valence-electron chi connectivity index (χ4n) is 4.25. The van der Waals surface area contributed by atoms with Crippen LogP contribution in [0.25, 0.3) is 11.0 Å². The predicted octanol–water partition coefficient (Wildman–Crippen LogP) is 3.13. The highest BCUT2D eigenvalue weighted by Crippen LogP contribution is 2.29. The van der Waals surface area contributed by atoms with Crippen LogP contribution in [-0.2, 0) is 9.84 Å². The van der Waals surface area contributed by atoms with Crippen LogP contribution >= 0.6 is 0 Å². The molecule has 0 aliphatic carbocycles. The first-order valence-corrected chi connectivity index (χ1v) is 12.2. The van der Waals surface area contributed by atoms with E-state index in [0.29, 0.717) is 30.7 Å². The van der Waals surface area contributed by atoms with E-state index in [2.05, 4.69) is 10.3 Å². The molecule has 0 spiro atoms. The highest BCUT2D eigenvalue weighted by molar-refractivity contribution is 7.91. The number of benzene rings is 2. The number of fused-ring (bicyclic) bond motifs is 1. The lowest BCUT2D eigenvalue weighted by molar-refractivity contribution is 0.0947. The fourth-order valence-corrected chi connectivity index (χ4v) is 5.95. The van der Waals surface area contributed by atoms with Crippen molar-refractivity contribution in [2.45, 2.75) is 33.2 Å². The van der Waals surface area contributed by atoms with Gasteiger partial charge in [-0.25, -0.2) is 13.4 Å². The second kappa shape index (κ2) is 8.34. The standard InChI is InChI=1S/C23H27N3O4S/c1-15-5-4-6-16(2)22(15)30-11-10-24-23(27)18-7-8-21-20(13-18)25-17(3)26(21)19-9-12-31(28,29)14-19/h4-8,13,19H,9-12,14H2,1-3H3,(H,24,27). The van der Waals surface area contributed by atoms with Crippen molar-refractivity contribution in [3.8, 4) is 5.75 Å². The molecule has 7 nitrogen and oxygen atoms in total. The predicted molar refractivity (Wildman–Crippen MR) is 121 cm³/mol. The lowest BCUT2D eigenvalue weighted by Crippen LogP contribution is -2.28. The van der Waals surface area contributed by atoms with Gasteiger partial charge in [0.1, 0.15) is 18.2 Å². The zero-order valence-electron chi connectivity index (χ0n) is 18.0. The number of aromatic nitrogens is 2. The van der Waals surface area contributed by atoms with E-state index in [4.69, 9.17) is 4.74 Å². The number of imidazole rings is 1. The summed E-state index contributed by atoms with van der Waals surface area (Å²) in [5.41, 5.74) is 4.20. The molecule has 164 valence electrons. The number of carbonyl (C=O) groups is 1. The number of para-hydroxylation sites is 1. The summed E-state index contributed by atoms with van der Waals surface area (Å²) in [5.74, 6) is 1.77. The minimum Gasteiger partial charge on any atom is -0.491 e. The van der Waals surface area contributed by atoms with Gasteiger partial charge in [-0.15, -0.1) is 0 Å². The lowest BCUT2D eigenvalue weighted by atomic mass is 10.1. The van der Waals surface area contributed by atoms with E-state index in [1.165, 1.54) is 0 Å². The summed E-state index contributed by atoms with van der Waals surface area (Å²) in [6, 6.07) is 11.2. The maximum atomic E-state index is 12.6. The van der Waals surface area contributed by atoms with Gasteiger partial charge in [0, 0.05) is 5.56 Å². The Morgan fingerprint density at radius 2 is 1.94 bits per heavy atom. The van der Waals surface area contributed by atoms with Crippen LogP contribution in [0, 0.1) is 20.8 Å². The van der Waals surface area contributed by atoms with Gasteiger partial charge in [-0.2, -0.15) is 0 Å². The molecular formula is C23H27N3O4S. The van der Waals surface area contributed by atoms with Crippen LogP contribution in [0.5, 0.6) is 5.75 Å². The van der Waals surface area contributed by atoms with Crippen molar-refractivity contribution in [1.82, 2.24) is 14.9 Å². The Kier molecular flexibility index (Phi) is 5.75. The molecule has 1 atom stereocenters. The van der Waals surface area contributed by atoms with Crippen LogP contribution in [-0.4, -0.2) is 48.5 Å². The second-order valence-electron chi connectivity index (χ2n) is 8.11. The Balaban J connectivity index is 1.42. The monoisotopic (exact) mass is 441 g/mol. The molecule has 1 saturated heterocycles. The molecule has 0 radical (unpaired) electrons. The Bertz CT molecular complexity index is 1230. The van der Waals surface area contributed by atoms with Crippen LogP contribution in [0.1, 0.15) is 39.8 Å². The van der Waals surface area contributed by atoms with E-state index < -0.39 is 9.84 Å². The maximum absolute atomic E-state index is 12.6. The zero-order valence-corrected chi connectivity index (χ0v) is 18.8. The molecule has 1 aliphatic rings. The molecule has 1 N–H and O–H groups in total. The molecule has 3 aromatic rings. The van der Waals surface area contributed by atoms with E-state index in [1.807, 2.05) is 49.6 Å². The summed E-state index contributed by atoms with van der Waals surface area (Å²) in [4.78, 5) is 17.2. The van der Waals surface area contributed by atoms with Crippen molar-refractivity contribution < 1.29 is 17.9 Å². The summed E-state index contributed by atoms with van der Waals surface area (Å²) in [5, 5.41) is 2.88. The number of hydrogen-bond donors (Lipinski definition) is 1. The van der Waals surface area contributed by atoms with Gasteiger partial charge in [0.25, 0.3) is 5.91 Å². The van der Waals surface area contributed by atoms with Crippen molar-refractivity contribution in [1.29, 1.82) is 0 Å². The van der Waals surface area contributed by atoms with Crippen LogP contribution in [0.2, 0.25) is 0 Å². The van der Waals surface area contributed by atoms with Gasteiger partial charge in [0.2, 0.25) is 0 Å². The Morgan fingerprint density at radius 1 is 1.19 bits per heavy atom. The van der Waals surface area contributed by atoms with Crippen molar-refractivity contribution in [3.05, 3.63) is 58.9 Å². The van der Waals surface area contributed by atoms with Crippen LogP contribution in [0.3, 0.4) is 0 Å². The number of nitrogens with zero attached hydrogens (tertiary/aromatic N) is 2. The van der Waals surface area contributed by atoms with E-state index in [-0.39, 0.29) is 23.5 Å². The van der Waals surface area contributed by atoms with Crippen LogP contribution in [0.15, 0.2) is 36.4 Å². The van der Waals surface area contributed by atoms with Crippen molar-refractivity contribution >= 4 is 26.8 Å². The van der Waals surface area contributed by atoms with Gasteiger partial charge < -0.3 is 14.6 Å². The first-order valence-electron chi connectivity index (χ1n) is 10.4. The fraction of sp³-hybridized carbons (Fsp3) is 0.391. The van der Waals surface area contributed by atoms with Gasteiger partial charge in [-0.3, -0.25) is 4.79 Å². The highest BCUT2D eigenvalue weighted by atomic mass is 32.2. The van der Waals surface area contributed by atoms with Crippen LogP contribution in [0.4, 0.5) is 0 Å². The maximum Gasteiger partial charge on any atom is 0.251 e. The van der Waals surface area contributed by atoms with E-state index in [9.17, 15) is 13.2 Å². The Morgan fingerprint density at radius 3 is 2.61 bits per heavy atom. The number of carbonyl (C=O) groups excluding carboxylic acids is 1. The largest absolute Gasteiger partial charge is 0.491 e. The number of sulfone groups is 1. The quantitative estimate of drug-likeness (QED) is 0.594. The molecular weight excluding hydrogens is 414 g/mol. The third kappa shape index (κ3) is 4.44. The minimum atomic E-state index is -2.99. The van der Waals surface area contributed by atoms with E-state index >= 15 is 0 Å². The molecule has 8 heteroatoms. The van der Waals surface area contributed by atoms with Crippen molar-refractivity contribution in [2.24, 2.45) is 0 Å². The summed E-state index contributed by atoms with van der Waals surface area (Å²) in [6.45, 7) is 6.63. The molecule has 0 saturated carbocycles. The summed E-state index contributed by atoms with van der Waals surface area (Å²) >= 11 is 0. The first kappa shape index (κ1) is 21.4. The number of rotatable bonds is 6. The number of nitrogens with one attached hydrogen (secondary N) is 1. The van der Waals surface area contributed by atoms with Gasteiger partial charge in [-0.1, -0.05) is 18.2 Å². The summed E-state index contributed by atoms with van der Waals surface area (Å²) < 4.78 is 31.6. The lowest BCUT2D eigenvalue weighted by Gasteiger charge is -2.14. The number of ether oxygens (including phenoxy) is 1. The molecule has 4 rings (SSSR count). The minimum absolute atomic E-state index is 0.100. The molecule has 2 heterocycles. The zero-order chi connectivity index (χ0) is 22.2. The average Bonchev–Trinajstić information content (AvgIpc) is 3.23. The van der Waals surface area contributed by atoms with Crippen molar-refractivity contribution in [3.63, 3.8) is 0 Å². The number of amides is 1. The van der Waals surface area contributed by atoms with E-state index in [1.54, 1.807) is 12.1 Å². The van der Waals surface area contributed by atoms with Crippen LogP contribution < -0.4 is 10.1 Å². The average molecular weight is 442 g/mol. The molecule has 2 aromatic carbocycles. The Hall–Kier alpha value is -2.87. The van der Waals surface area contributed by atoms with Gasteiger partial charge in [0.15, 0.2) is 9.84 Å². The smallest absolute Gasteiger partial charge is 0.251 e. The number of aryl methyl sites for hydroxylation is 3. The topological polar surface area (TPSA) is 90.3 Å². The molecule has 1 fully saturated rings. The molecule has 1 aliphatic heterocycles. The summed E-state index contributed by atoms with van der Waals surface area (Å²) in [6.07, 6.45) is 0.594.